The minimum absolute atomic E-state index is 0.137. The van der Waals surface area contributed by atoms with Crippen LogP contribution in [0.1, 0.15) is 5.56 Å². The van der Waals surface area contributed by atoms with Crippen molar-refractivity contribution in [3.05, 3.63) is 75.3 Å². The number of carbonyl (C=O) groups excluding carboxylic acids is 1. The Kier molecular flexibility index (Phi) is 4.68. The van der Waals surface area contributed by atoms with E-state index < -0.39 is 10.8 Å². The largest absolute Gasteiger partial charge is 0.321 e. The molecule has 0 radical (unpaired) electrons. The fourth-order valence-corrected chi connectivity index (χ4v) is 1.80. The highest BCUT2D eigenvalue weighted by atomic mass is 35.5. The van der Waals surface area contributed by atoms with Crippen LogP contribution in [0.2, 0.25) is 5.02 Å². The second-order valence-corrected chi connectivity index (χ2v) is 4.56. The third kappa shape index (κ3) is 4.15. The Morgan fingerprint density at radius 2 is 1.90 bits per heavy atom. The number of rotatable bonds is 4. The van der Waals surface area contributed by atoms with Crippen LogP contribution in [0.25, 0.3) is 6.08 Å². The predicted octanol–water partition coefficient (Wildman–Crippen LogP) is 3.90. The van der Waals surface area contributed by atoms with E-state index in [1.54, 1.807) is 6.08 Å². The van der Waals surface area contributed by atoms with Crippen molar-refractivity contribution < 1.29 is 9.72 Å². The molecule has 5 nitrogen and oxygen atoms in total. The number of benzene rings is 2. The topological polar surface area (TPSA) is 72.2 Å². The van der Waals surface area contributed by atoms with E-state index in [4.69, 9.17) is 11.6 Å². The number of hydrogen-bond acceptors (Lipinski definition) is 3. The van der Waals surface area contributed by atoms with E-state index in [0.29, 0.717) is 0 Å². The highest BCUT2D eigenvalue weighted by molar-refractivity contribution is 6.34. The third-order valence-corrected chi connectivity index (χ3v) is 2.97. The molecule has 0 saturated heterocycles. The van der Waals surface area contributed by atoms with Gasteiger partial charge in [-0.2, -0.15) is 0 Å². The van der Waals surface area contributed by atoms with Crippen molar-refractivity contribution in [2.24, 2.45) is 0 Å². The van der Waals surface area contributed by atoms with Crippen molar-refractivity contribution in [1.82, 2.24) is 0 Å². The van der Waals surface area contributed by atoms with Crippen molar-refractivity contribution in [2.45, 2.75) is 0 Å². The number of nitro groups is 1. The molecule has 0 bridgehead atoms. The first kappa shape index (κ1) is 14.7. The summed E-state index contributed by atoms with van der Waals surface area (Å²) in [5.74, 6) is -0.416. The van der Waals surface area contributed by atoms with E-state index in [-0.39, 0.29) is 16.4 Å². The zero-order valence-corrected chi connectivity index (χ0v) is 11.6. The number of hydrogen-bond donors (Lipinski definition) is 1. The van der Waals surface area contributed by atoms with Crippen molar-refractivity contribution >= 4 is 35.0 Å². The molecular weight excluding hydrogens is 292 g/mol. The summed E-state index contributed by atoms with van der Waals surface area (Å²) in [6.07, 6.45) is 2.98. The van der Waals surface area contributed by atoms with Crippen LogP contribution in [-0.4, -0.2) is 10.8 Å². The van der Waals surface area contributed by atoms with E-state index in [1.165, 1.54) is 24.3 Å². The van der Waals surface area contributed by atoms with E-state index in [1.807, 2.05) is 30.3 Å². The zero-order valence-electron chi connectivity index (χ0n) is 10.8. The van der Waals surface area contributed by atoms with E-state index in [9.17, 15) is 14.9 Å². The lowest BCUT2D eigenvalue weighted by Crippen LogP contribution is -2.08. The maximum absolute atomic E-state index is 11.8. The summed E-state index contributed by atoms with van der Waals surface area (Å²) in [6, 6.07) is 13.2. The van der Waals surface area contributed by atoms with Crippen LogP contribution in [0.3, 0.4) is 0 Å². The Bertz CT molecular complexity index is 699. The van der Waals surface area contributed by atoms with Gasteiger partial charge in [-0.05, 0) is 17.7 Å². The normalized spacial score (nSPS) is 10.5. The standard InChI is InChI=1S/C15H11ClN2O3/c16-13-8-7-12(18(20)21)10-14(13)17-15(19)9-6-11-4-2-1-3-5-11/h1-10H,(H,17,19)/b9-6+. The molecule has 0 saturated carbocycles. The van der Waals surface area contributed by atoms with Crippen molar-refractivity contribution in [3.8, 4) is 0 Å². The zero-order chi connectivity index (χ0) is 15.2. The van der Waals surface area contributed by atoms with Gasteiger partial charge in [0.1, 0.15) is 0 Å². The van der Waals surface area contributed by atoms with Gasteiger partial charge in [-0.15, -0.1) is 0 Å². The first-order valence-corrected chi connectivity index (χ1v) is 6.42. The fraction of sp³-hybridized carbons (Fsp3) is 0. The molecule has 0 unspecified atom stereocenters. The number of nitrogens with zero attached hydrogens (tertiary/aromatic N) is 1. The maximum Gasteiger partial charge on any atom is 0.271 e. The molecule has 0 aliphatic heterocycles. The Balaban J connectivity index is 2.11. The molecule has 2 aromatic rings. The summed E-state index contributed by atoms with van der Waals surface area (Å²) in [4.78, 5) is 21.9. The van der Waals surface area contributed by atoms with Crippen LogP contribution in [0.15, 0.2) is 54.6 Å². The lowest BCUT2D eigenvalue weighted by atomic mass is 10.2. The third-order valence-electron chi connectivity index (χ3n) is 2.65. The Morgan fingerprint density at radius 3 is 2.57 bits per heavy atom. The Morgan fingerprint density at radius 1 is 1.19 bits per heavy atom. The average Bonchev–Trinajstić information content (AvgIpc) is 2.48. The summed E-state index contributed by atoms with van der Waals surface area (Å²) < 4.78 is 0. The van der Waals surface area contributed by atoms with Crippen molar-refractivity contribution in [1.29, 1.82) is 0 Å². The molecule has 2 aromatic carbocycles. The Hall–Kier alpha value is -2.66. The van der Waals surface area contributed by atoms with Gasteiger partial charge in [0, 0.05) is 18.2 Å². The van der Waals surface area contributed by atoms with Crippen LogP contribution in [0.4, 0.5) is 11.4 Å². The van der Waals surface area contributed by atoms with Crippen molar-refractivity contribution in [3.63, 3.8) is 0 Å². The van der Waals surface area contributed by atoms with Crippen LogP contribution in [0.5, 0.6) is 0 Å². The molecular formula is C15H11ClN2O3. The summed E-state index contributed by atoms with van der Waals surface area (Å²) in [5, 5.41) is 13.4. The van der Waals surface area contributed by atoms with Gasteiger partial charge in [0.05, 0.1) is 15.6 Å². The molecule has 1 N–H and O–H groups in total. The second kappa shape index (κ2) is 6.67. The summed E-state index contributed by atoms with van der Waals surface area (Å²) >= 11 is 5.90. The number of nitro benzene ring substituents is 1. The van der Waals surface area contributed by atoms with Gasteiger partial charge in [0.2, 0.25) is 5.91 Å². The van der Waals surface area contributed by atoms with Crippen LogP contribution >= 0.6 is 11.6 Å². The van der Waals surface area contributed by atoms with E-state index in [0.717, 1.165) is 5.56 Å². The minimum atomic E-state index is -0.550. The monoisotopic (exact) mass is 302 g/mol. The second-order valence-electron chi connectivity index (χ2n) is 4.15. The first-order chi connectivity index (χ1) is 10.1. The van der Waals surface area contributed by atoms with Gasteiger partial charge in [-0.3, -0.25) is 14.9 Å². The number of halogens is 1. The van der Waals surface area contributed by atoms with Crippen LogP contribution in [0, 0.1) is 10.1 Å². The molecule has 0 spiro atoms. The van der Waals surface area contributed by atoms with Gasteiger partial charge in [0.15, 0.2) is 0 Å². The van der Waals surface area contributed by atoms with Gasteiger partial charge >= 0.3 is 0 Å². The van der Waals surface area contributed by atoms with Gasteiger partial charge < -0.3 is 5.32 Å². The predicted molar refractivity (Wildman–Crippen MR) is 82.2 cm³/mol. The number of non-ortho nitro benzene ring substituents is 1. The van der Waals surface area contributed by atoms with Gasteiger partial charge in [0.25, 0.3) is 5.69 Å². The molecule has 2 rings (SSSR count). The Labute approximate surface area is 126 Å². The highest BCUT2D eigenvalue weighted by Gasteiger charge is 2.10. The maximum atomic E-state index is 11.8. The molecule has 0 heterocycles. The lowest BCUT2D eigenvalue weighted by molar-refractivity contribution is -0.384. The summed E-state index contributed by atoms with van der Waals surface area (Å²) in [6.45, 7) is 0. The van der Waals surface area contributed by atoms with Gasteiger partial charge in [-0.25, -0.2) is 0 Å². The smallest absolute Gasteiger partial charge is 0.271 e. The van der Waals surface area contributed by atoms with Gasteiger partial charge in [-0.1, -0.05) is 41.9 Å². The average molecular weight is 303 g/mol. The summed E-state index contributed by atoms with van der Waals surface area (Å²) in [5.41, 5.74) is 0.938. The van der Waals surface area contributed by atoms with E-state index >= 15 is 0 Å². The van der Waals surface area contributed by atoms with Crippen LogP contribution in [-0.2, 0) is 4.79 Å². The molecule has 1 amide bonds. The molecule has 0 aliphatic rings. The molecule has 0 aromatic heterocycles. The fourth-order valence-electron chi connectivity index (χ4n) is 1.63. The lowest BCUT2D eigenvalue weighted by Gasteiger charge is -2.04. The molecule has 106 valence electrons. The molecule has 0 atom stereocenters. The first-order valence-electron chi connectivity index (χ1n) is 6.04. The quantitative estimate of drug-likeness (QED) is 0.529. The van der Waals surface area contributed by atoms with Crippen LogP contribution < -0.4 is 5.32 Å². The van der Waals surface area contributed by atoms with E-state index in [2.05, 4.69) is 5.32 Å². The summed E-state index contributed by atoms with van der Waals surface area (Å²) in [7, 11) is 0. The molecule has 0 fully saturated rings. The number of anilines is 1. The number of carbonyl (C=O) groups is 1. The molecule has 6 heteroatoms. The highest BCUT2D eigenvalue weighted by Crippen LogP contribution is 2.26. The minimum Gasteiger partial charge on any atom is -0.321 e. The van der Waals surface area contributed by atoms with Crippen molar-refractivity contribution in [2.75, 3.05) is 5.32 Å². The number of amides is 1. The molecule has 0 aliphatic carbocycles. The SMILES string of the molecule is O=C(/C=C/c1ccccc1)Nc1cc([N+](=O)[O-])ccc1Cl. The number of nitrogens with one attached hydrogen (secondary N) is 1. The molecule has 21 heavy (non-hydrogen) atoms.